The van der Waals surface area contributed by atoms with Gasteiger partial charge in [-0.15, -0.1) is 0 Å². The number of likely N-dealkylation sites (tertiary alicyclic amines) is 1. The highest BCUT2D eigenvalue weighted by Gasteiger charge is 2.49. The first kappa shape index (κ1) is 19.9. The molecule has 1 saturated carbocycles. The summed E-state index contributed by atoms with van der Waals surface area (Å²) < 4.78 is 0. The van der Waals surface area contributed by atoms with E-state index < -0.39 is 0 Å². The molecule has 4 rings (SSSR count). The first-order valence-corrected chi connectivity index (χ1v) is 10.7. The minimum Gasteiger partial charge on any atom is -0.353 e. The molecule has 1 aromatic carbocycles. The number of hydrogen-bond donors (Lipinski definition) is 1. The van der Waals surface area contributed by atoms with Crippen LogP contribution in [-0.2, 0) is 11.2 Å². The Morgan fingerprint density at radius 2 is 1.83 bits per heavy atom. The third-order valence-corrected chi connectivity index (χ3v) is 6.68. The number of piperidine rings is 1. The third-order valence-electron chi connectivity index (χ3n) is 6.47. The van der Waals surface area contributed by atoms with E-state index in [4.69, 9.17) is 11.6 Å². The first-order chi connectivity index (χ1) is 14.1. The second kappa shape index (κ2) is 8.54. The maximum Gasteiger partial charge on any atom is 0.272 e. The molecule has 0 bridgehead atoms. The third kappa shape index (κ3) is 4.45. The van der Waals surface area contributed by atoms with Gasteiger partial charge in [0.05, 0.1) is 0 Å². The van der Waals surface area contributed by atoms with Gasteiger partial charge in [-0.3, -0.25) is 9.59 Å². The van der Waals surface area contributed by atoms with Gasteiger partial charge in [0, 0.05) is 25.6 Å². The van der Waals surface area contributed by atoms with Gasteiger partial charge in [-0.25, -0.2) is 4.98 Å². The van der Waals surface area contributed by atoms with Crippen LogP contribution in [-0.4, -0.2) is 40.8 Å². The maximum atomic E-state index is 12.7. The van der Waals surface area contributed by atoms with E-state index in [1.165, 1.54) is 5.56 Å². The molecule has 1 spiro atoms. The number of carbonyl (C=O) groups excluding carboxylic acids is 2. The van der Waals surface area contributed by atoms with Crippen LogP contribution in [0.2, 0.25) is 5.15 Å². The number of aromatic nitrogens is 1. The summed E-state index contributed by atoms with van der Waals surface area (Å²) >= 11 is 5.92. The average Bonchev–Trinajstić information content (AvgIpc) is 2.75. The molecular formula is C23H26ClN3O2. The topological polar surface area (TPSA) is 62.3 Å². The van der Waals surface area contributed by atoms with Crippen LogP contribution >= 0.6 is 11.6 Å². The number of pyridine rings is 1. The zero-order valence-corrected chi connectivity index (χ0v) is 17.2. The number of nitrogens with one attached hydrogen (secondary N) is 1. The van der Waals surface area contributed by atoms with Crippen LogP contribution in [0, 0.1) is 5.41 Å². The lowest BCUT2D eigenvalue weighted by atomic mass is 9.59. The lowest BCUT2D eigenvalue weighted by Crippen LogP contribution is -2.59. The Balaban J connectivity index is 1.28. The smallest absolute Gasteiger partial charge is 0.272 e. The molecule has 1 aliphatic carbocycles. The van der Waals surface area contributed by atoms with E-state index in [-0.39, 0.29) is 23.3 Å². The molecule has 2 fully saturated rings. The fraction of sp³-hybridized carbons (Fsp3) is 0.435. The maximum absolute atomic E-state index is 12.7. The van der Waals surface area contributed by atoms with Crippen molar-refractivity contribution in [2.45, 2.75) is 44.6 Å². The van der Waals surface area contributed by atoms with Crippen molar-refractivity contribution >= 4 is 23.4 Å². The summed E-state index contributed by atoms with van der Waals surface area (Å²) in [4.78, 5) is 31.1. The van der Waals surface area contributed by atoms with Crippen LogP contribution in [0.4, 0.5) is 0 Å². The Bertz CT molecular complexity index is 879. The van der Waals surface area contributed by atoms with E-state index in [2.05, 4.69) is 22.4 Å². The average molecular weight is 412 g/mol. The van der Waals surface area contributed by atoms with Crippen molar-refractivity contribution in [1.29, 1.82) is 0 Å². The first-order valence-electron chi connectivity index (χ1n) is 10.3. The summed E-state index contributed by atoms with van der Waals surface area (Å²) in [5.41, 5.74) is 1.72. The van der Waals surface area contributed by atoms with Crippen LogP contribution in [0.3, 0.4) is 0 Å². The molecule has 0 radical (unpaired) electrons. The van der Waals surface area contributed by atoms with Gasteiger partial charge in [0.25, 0.3) is 5.91 Å². The number of carbonyl (C=O) groups is 2. The quantitative estimate of drug-likeness (QED) is 0.759. The van der Waals surface area contributed by atoms with E-state index in [1.54, 1.807) is 18.2 Å². The van der Waals surface area contributed by atoms with Gasteiger partial charge < -0.3 is 10.2 Å². The largest absolute Gasteiger partial charge is 0.353 e. The molecule has 1 unspecified atom stereocenters. The number of aryl methyl sites for hydroxylation is 1. The molecule has 1 saturated heterocycles. The standard InChI is InChI=1S/C23H26ClN3O2/c24-20-8-4-7-18(25-20)22(29)27-15-13-23(14-16-27)12-11-19(23)26-21(28)10-9-17-5-2-1-3-6-17/h1-8,19H,9-16H2,(H,26,28). The van der Waals surface area contributed by atoms with Crippen LogP contribution in [0.25, 0.3) is 0 Å². The summed E-state index contributed by atoms with van der Waals surface area (Å²) in [7, 11) is 0. The molecule has 1 N–H and O–H groups in total. The fourth-order valence-corrected chi connectivity index (χ4v) is 4.70. The monoisotopic (exact) mass is 411 g/mol. The van der Waals surface area contributed by atoms with E-state index in [0.717, 1.165) is 32.1 Å². The number of rotatable bonds is 5. The zero-order valence-electron chi connectivity index (χ0n) is 16.4. The highest BCUT2D eigenvalue weighted by molar-refractivity contribution is 6.29. The Morgan fingerprint density at radius 3 is 2.48 bits per heavy atom. The van der Waals surface area contributed by atoms with Crippen molar-refractivity contribution in [3.63, 3.8) is 0 Å². The van der Waals surface area contributed by atoms with Crippen molar-refractivity contribution < 1.29 is 9.59 Å². The molecular weight excluding hydrogens is 386 g/mol. The second-order valence-corrected chi connectivity index (χ2v) is 8.53. The SMILES string of the molecule is O=C(CCc1ccccc1)NC1CCC12CCN(C(=O)c1cccc(Cl)n1)CC2. The lowest BCUT2D eigenvalue weighted by Gasteiger charge is -2.54. The molecule has 1 aliphatic heterocycles. The fourth-order valence-electron chi connectivity index (χ4n) is 4.53. The molecule has 2 amide bonds. The van der Waals surface area contributed by atoms with Gasteiger partial charge in [0.2, 0.25) is 5.91 Å². The van der Waals surface area contributed by atoms with E-state index in [1.807, 2.05) is 23.1 Å². The number of amides is 2. The normalized spacial score (nSPS) is 20.2. The molecule has 152 valence electrons. The minimum atomic E-state index is -0.0647. The van der Waals surface area contributed by atoms with Gasteiger partial charge in [-0.2, -0.15) is 0 Å². The lowest BCUT2D eigenvalue weighted by molar-refractivity contribution is -0.125. The van der Waals surface area contributed by atoms with E-state index >= 15 is 0 Å². The van der Waals surface area contributed by atoms with Crippen molar-refractivity contribution in [2.24, 2.45) is 5.41 Å². The van der Waals surface area contributed by atoms with Gasteiger partial charge in [-0.05, 0) is 55.2 Å². The molecule has 1 aromatic heterocycles. The van der Waals surface area contributed by atoms with Crippen molar-refractivity contribution in [1.82, 2.24) is 15.2 Å². The van der Waals surface area contributed by atoms with Crippen molar-refractivity contribution in [3.8, 4) is 0 Å². The molecule has 6 heteroatoms. The van der Waals surface area contributed by atoms with Gasteiger partial charge in [-0.1, -0.05) is 48.0 Å². The zero-order chi connectivity index (χ0) is 20.3. The highest BCUT2D eigenvalue weighted by Crippen LogP contribution is 2.49. The van der Waals surface area contributed by atoms with Crippen molar-refractivity contribution in [2.75, 3.05) is 13.1 Å². The van der Waals surface area contributed by atoms with E-state index in [9.17, 15) is 9.59 Å². The van der Waals surface area contributed by atoms with Gasteiger partial charge in [0.1, 0.15) is 10.8 Å². The summed E-state index contributed by atoms with van der Waals surface area (Å²) in [5, 5.41) is 3.59. The van der Waals surface area contributed by atoms with Gasteiger partial charge in [0.15, 0.2) is 0 Å². The Kier molecular flexibility index (Phi) is 5.86. The summed E-state index contributed by atoms with van der Waals surface area (Å²) in [6, 6.07) is 15.5. The molecule has 2 aromatic rings. The number of nitrogens with zero attached hydrogens (tertiary/aromatic N) is 2. The molecule has 1 atom stereocenters. The van der Waals surface area contributed by atoms with Gasteiger partial charge >= 0.3 is 0 Å². The van der Waals surface area contributed by atoms with Crippen LogP contribution in [0.5, 0.6) is 0 Å². The summed E-state index contributed by atoms with van der Waals surface area (Å²) in [6.07, 6.45) is 5.27. The highest BCUT2D eigenvalue weighted by atomic mass is 35.5. The molecule has 2 aliphatic rings. The Labute approximate surface area is 176 Å². The molecule has 29 heavy (non-hydrogen) atoms. The van der Waals surface area contributed by atoms with Crippen molar-refractivity contribution in [3.05, 3.63) is 64.9 Å². The number of hydrogen-bond acceptors (Lipinski definition) is 3. The van der Waals surface area contributed by atoms with Crippen LogP contribution < -0.4 is 5.32 Å². The Hall–Kier alpha value is -2.40. The summed E-state index contributed by atoms with van der Waals surface area (Å²) in [5.74, 6) is 0.0599. The second-order valence-electron chi connectivity index (χ2n) is 8.14. The predicted molar refractivity (Wildman–Crippen MR) is 113 cm³/mol. The number of halogens is 1. The number of benzene rings is 1. The van der Waals surface area contributed by atoms with Crippen LogP contribution in [0.1, 0.15) is 48.2 Å². The van der Waals surface area contributed by atoms with E-state index in [0.29, 0.717) is 30.4 Å². The summed E-state index contributed by atoms with van der Waals surface area (Å²) in [6.45, 7) is 1.40. The Morgan fingerprint density at radius 1 is 1.07 bits per heavy atom. The molecule has 5 nitrogen and oxygen atoms in total. The predicted octanol–water partition coefficient (Wildman–Crippen LogP) is 3.87. The van der Waals surface area contributed by atoms with Crippen LogP contribution in [0.15, 0.2) is 48.5 Å². The molecule has 2 heterocycles. The minimum absolute atomic E-state index is 0.0647.